The normalized spacial score (nSPS) is 20.8. The summed E-state index contributed by atoms with van der Waals surface area (Å²) in [4.78, 5) is 0. The molecule has 1 aliphatic rings. The van der Waals surface area contributed by atoms with Crippen LogP contribution in [0.25, 0.3) is 0 Å². The van der Waals surface area contributed by atoms with E-state index in [1.165, 1.54) is 0 Å². The molecule has 0 amide bonds. The number of ether oxygens (including phenoxy) is 1. The predicted molar refractivity (Wildman–Crippen MR) is 57.5 cm³/mol. The highest BCUT2D eigenvalue weighted by Gasteiger charge is 2.13. The maximum atomic E-state index is 13.2. The van der Waals surface area contributed by atoms with E-state index in [9.17, 15) is 8.78 Å². The van der Waals surface area contributed by atoms with Crippen LogP contribution in [-0.2, 0) is 4.74 Å². The SMILES string of the molecule is Fc1ccc(F)c(NCC2COCCN2)c1. The quantitative estimate of drug-likeness (QED) is 0.819. The van der Waals surface area contributed by atoms with Gasteiger partial charge in [-0.2, -0.15) is 0 Å². The Morgan fingerprint density at radius 1 is 1.44 bits per heavy atom. The molecule has 0 saturated carbocycles. The fourth-order valence-corrected chi connectivity index (χ4v) is 1.62. The summed E-state index contributed by atoms with van der Waals surface area (Å²) >= 11 is 0. The third kappa shape index (κ3) is 2.90. The number of hydrogen-bond acceptors (Lipinski definition) is 3. The number of halogens is 2. The minimum Gasteiger partial charge on any atom is -0.381 e. The molecule has 1 heterocycles. The highest BCUT2D eigenvalue weighted by atomic mass is 19.1. The molecular weight excluding hydrogens is 214 g/mol. The van der Waals surface area contributed by atoms with Gasteiger partial charge in [0.2, 0.25) is 0 Å². The molecule has 2 rings (SSSR count). The average Bonchev–Trinajstić information content (AvgIpc) is 2.32. The molecule has 0 aromatic heterocycles. The molecule has 1 fully saturated rings. The van der Waals surface area contributed by atoms with Crippen LogP contribution in [0.15, 0.2) is 18.2 Å². The summed E-state index contributed by atoms with van der Waals surface area (Å²) in [6, 6.07) is 3.50. The van der Waals surface area contributed by atoms with Gasteiger partial charge in [0.15, 0.2) is 0 Å². The van der Waals surface area contributed by atoms with Crippen LogP contribution in [0.3, 0.4) is 0 Å². The molecule has 16 heavy (non-hydrogen) atoms. The van der Waals surface area contributed by atoms with Crippen molar-refractivity contribution in [1.82, 2.24) is 5.32 Å². The van der Waals surface area contributed by atoms with Crippen molar-refractivity contribution >= 4 is 5.69 Å². The summed E-state index contributed by atoms with van der Waals surface area (Å²) in [5.74, 6) is -0.894. The molecule has 0 spiro atoms. The number of benzene rings is 1. The number of nitrogens with one attached hydrogen (secondary N) is 2. The summed E-state index contributed by atoms with van der Waals surface area (Å²) in [5, 5.41) is 6.09. The van der Waals surface area contributed by atoms with Gasteiger partial charge in [-0.1, -0.05) is 0 Å². The standard InChI is InChI=1S/C11H14F2N2O/c12-8-1-2-10(13)11(5-8)15-6-9-7-16-4-3-14-9/h1-2,5,9,14-15H,3-4,6-7H2. The minimum absolute atomic E-state index is 0.136. The molecule has 1 aliphatic heterocycles. The van der Waals surface area contributed by atoms with Crippen molar-refractivity contribution in [2.45, 2.75) is 6.04 Å². The topological polar surface area (TPSA) is 33.3 Å². The summed E-state index contributed by atoms with van der Waals surface area (Å²) in [7, 11) is 0. The van der Waals surface area contributed by atoms with Gasteiger partial charge in [-0.25, -0.2) is 8.78 Å². The van der Waals surface area contributed by atoms with Crippen LogP contribution >= 0.6 is 0 Å². The molecule has 0 aliphatic carbocycles. The summed E-state index contributed by atoms with van der Waals surface area (Å²) in [6.45, 7) is 2.59. The van der Waals surface area contributed by atoms with E-state index in [0.29, 0.717) is 19.8 Å². The zero-order chi connectivity index (χ0) is 11.4. The van der Waals surface area contributed by atoms with E-state index in [4.69, 9.17) is 4.74 Å². The van der Waals surface area contributed by atoms with Gasteiger partial charge in [-0.15, -0.1) is 0 Å². The van der Waals surface area contributed by atoms with Crippen molar-refractivity contribution < 1.29 is 13.5 Å². The summed E-state index contributed by atoms with van der Waals surface area (Å²) in [6.07, 6.45) is 0. The Morgan fingerprint density at radius 2 is 2.31 bits per heavy atom. The molecular formula is C11H14F2N2O. The van der Waals surface area contributed by atoms with Crippen LogP contribution in [0.1, 0.15) is 0 Å². The molecule has 2 N–H and O–H groups in total. The van der Waals surface area contributed by atoms with E-state index in [-0.39, 0.29) is 11.7 Å². The fourth-order valence-electron chi connectivity index (χ4n) is 1.62. The van der Waals surface area contributed by atoms with E-state index in [1.54, 1.807) is 0 Å². The monoisotopic (exact) mass is 228 g/mol. The highest BCUT2D eigenvalue weighted by molar-refractivity contribution is 5.44. The van der Waals surface area contributed by atoms with Gasteiger partial charge < -0.3 is 15.4 Å². The highest BCUT2D eigenvalue weighted by Crippen LogP contribution is 2.15. The molecule has 88 valence electrons. The summed E-state index contributed by atoms with van der Waals surface area (Å²) in [5.41, 5.74) is 0.187. The number of rotatable bonds is 3. The maximum Gasteiger partial charge on any atom is 0.146 e. The Labute approximate surface area is 92.8 Å². The first-order valence-corrected chi connectivity index (χ1v) is 5.26. The van der Waals surface area contributed by atoms with Crippen molar-refractivity contribution in [3.05, 3.63) is 29.8 Å². The van der Waals surface area contributed by atoms with E-state index < -0.39 is 11.6 Å². The first-order chi connectivity index (χ1) is 7.75. The van der Waals surface area contributed by atoms with E-state index >= 15 is 0 Å². The second kappa shape index (κ2) is 5.23. The minimum atomic E-state index is -0.447. The Bertz CT molecular complexity index is 354. The van der Waals surface area contributed by atoms with E-state index in [0.717, 1.165) is 24.7 Å². The lowest BCUT2D eigenvalue weighted by Crippen LogP contribution is -2.45. The van der Waals surface area contributed by atoms with Gasteiger partial charge in [0.05, 0.1) is 18.9 Å². The van der Waals surface area contributed by atoms with Crippen molar-refractivity contribution in [2.24, 2.45) is 0 Å². The lowest BCUT2D eigenvalue weighted by atomic mass is 10.2. The molecule has 1 aromatic rings. The van der Waals surface area contributed by atoms with Crippen LogP contribution in [0.4, 0.5) is 14.5 Å². The van der Waals surface area contributed by atoms with E-state index in [1.807, 2.05) is 0 Å². The van der Waals surface area contributed by atoms with Gasteiger partial charge in [0, 0.05) is 19.1 Å². The largest absolute Gasteiger partial charge is 0.381 e. The van der Waals surface area contributed by atoms with Crippen molar-refractivity contribution in [2.75, 3.05) is 31.6 Å². The second-order valence-electron chi connectivity index (χ2n) is 3.73. The third-order valence-electron chi connectivity index (χ3n) is 2.47. The first kappa shape index (κ1) is 11.3. The molecule has 1 unspecified atom stereocenters. The van der Waals surface area contributed by atoms with Crippen LogP contribution in [0.2, 0.25) is 0 Å². The van der Waals surface area contributed by atoms with Crippen LogP contribution in [-0.4, -0.2) is 32.3 Å². The van der Waals surface area contributed by atoms with Gasteiger partial charge >= 0.3 is 0 Å². The van der Waals surface area contributed by atoms with Crippen LogP contribution in [0.5, 0.6) is 0 Å². The lowest BCUT2D eigenvalue weighted by Gasteiger charge is -2.24. The van der Waals surface area contributed by atoms with Gasteiger partial charge in [0.1, 0.15) is 11.6 Å². The predicted octanol–water partition coefficient (Wildman–Crippen LogP) is 1.37. The van der Waals surface area contributed by atoms with Gasteiger partial charge in [0.25, 0.3) is 0 Å². The van der Waals surface area contributed by atoms with Crippen molar-refractivity contribution in [3.8, 4) is 0 Å². The Balaban J connectivity index is 1.90. The van der Waals surface area contributed by atoms with Crippen molar-refractivity contribution in [3.63, 3.8) is 0 Å². The number of hydrogen-bond donors (Lipinski definition) is 2. The van der Waals surface area contributed by atoms with Gasteiger partial charge in [-0.05, 0) is 18.2 Å². The van der Waals surface area contributed by atoms with Crippen molar-refractivity contribution in [1.29, 1.82) is 0 Å². The van der Waals surface area contributed by atoms with Crippen LogP contribution in [0, 0.1) is 11.6 Å². The lowest BCUT2D eigenvalue weighted by molar-refractivity contribution is 0.0806. The molecule has 0 radical (unpaired) electrons. The number of anilines is 1. The smallest absolute Gasteiger partial charge is 0.146 e. The molecule has 1 aromatic carbocycles. The fraction of sp³-hybridized carbons (Fsp3) is 0.455. The zero-order valence-electron chi connectivity index (χ0n) is 8.80. The Hall–Kier alpha value is -1.20. The number of morpholine rings is 1. The Kier molecular flexibility index (Phi) is 3.69. The average molecular weight is 228 g/mol. The van der Waals surface area contributed by atoms with Gasteiger partial charge in [-0.3, -0.25) is 0 Å². The molecule has 3 nitrogen and oxygen atoms in total. The third-order valence-corrected chi connectivity index (χ3v) is 2.47. The molecule has 0 bridgehead atoms. The molecule has 1 atom stereocenters. The zero-order valence-corrected chi connectivity index (χ0v) is 8.80. The Morgan fingerprint density at radius 3 is 3.06 bits per heavy atom. The molecule has 1 saturated heterocycles. The molecule has 5 heteroatoms. The maximum absolute atomic E-state index is 13.2. The van der Waals surface area contributed by atoms with E-state index in [2.05, 4.69) is 10.6 Å². The summed E-state index contributed by atoms with van der Waals surface area (Å²) < 4.78 is 31.4. The second-order valence-corrected chi connectivity index (χ2v) is 3.73. The van der Waals surface area contributed by atoms with Crippen LogP contribution < -0.4 is 10.6 Å². The first-order valence-electron chi connectivity index (χ1n) is 5.26.